The fourth-order valence-electron chi connectivity index (χ4n) is 2.47. The van der Waals surface area contributed by atoms with Crippen molar-refractivity contribution >= 4 is 28.9 Å². The Labute approximate surface area is 160 Å². The average molecular weight is 396 g/mol. The second-order valence-corrected chi connectivity index (χ2v) is 6.43. The fourth-order valence-corrected chi connectivity index (χ4v) is 2.71. The summed E-state index contributed by atoms with van der Waals surface area (Å²) in [7, 11) is 1.35. The van der Waals surface area contributed by atoms with E-state index < -0.39 is 16.6 Å². The van der Waals surface area contributed by atoms with Gasteiger partial charge in [0.25, 0.3) is 11.6 Å². The molecule has 2 N–H and O–H groups in total. The Hall–Kier alpha value is -2.87. The number of hydrogen-bond donors (Lipinski definition) is 2. The zero-order chi connectivity index (χ0) is 20.1. The number of benzene rings is 2. The molecule has 0 saturated carbocycles. The number of methoxy groups -OCH3 is 1. The van der Waals surface area contributed by atoms with E-state index in [9.17, 15) is 19.3 Å². The first kappa shape index (κ1) is 20.4. The predicted octanol–water partition coefficient (Wildman–Crippen LogP) is 4.15. The first-order chi connectivity index (χ1) is 12.7. The number of halogens is 2. The number of ether oxygens (including phenoxy) is 1. The van der Waals surface area contributed by atoms with E-state index in [-0.39, 0.29) is 40.3 Å². The van der Waals surface area contributed by atoms with Crippen LogP contribution in [0.1, 0.15) is 29.8 Å². The monoisotopic (exact) mass is 395 g/mol. The lowest BCUT2D eigenvalue weighted by molar-refractivity contribution is -0.384. The van der Waals surface area contributed by atoms with E-state index in [4.69, 9.17) is 16.3 Å². The summed E-state index contributed by atoms with van der Waals surface area (Å²) in [5.74, 6) is -1.07. The highest BCUT2D eigenvalue weighted by Gasteiger charge is 2.25. The van der Waals surface area contributed by atoms with Crippen LogP contribution in [0, 0.1) is 15.9 Å². The van der Waals surface area contributed by atoms with Gasteiger partial charge in [0.2, 0.25) is 0 Å². The Bertz CT molecular complexity index is 874. The van der Waals surface area contributed by atoms with E-state index in [0.717, 1.165) is 0 Å². The normalized spacial score (nSPS) is 10.6. The van der Waals surface area contributed by atoms with Crippen molar-refractivity contribution in [2.75, 3.05) is 12.4 Å². The topological polar surface area (TPSA) is 93.5 Å². The summed E-state index contributed by atoms with van der Waals surface area (Å²) in [6, 6.07) is 6.66. The van der Waals surface area contributed by atoms with Gasteiger partial charge in [-0.1, -0.05) is 17.7 Å². The molecule has 9 heteroatoms. The molecule has 144 valence electrons. The maximum absolute atomic E-state index is 13.8. The van der Waals surface area contributed by atoms with Gasteiger partial charge < -0.3 is 15.4 Å². The average Bonchev–Trinajstić information content (AvgIpc) is 2.59. The number of amides is 1. The van der Waals surface area contributed by atoms with Crippen LogP contribution < -0.4 is 15.4 Å². The van der Waals surface area contributed by atoms with Gasteiger partial charge in [-0.25, -0.2) is 4.39 Å². The number of nitrogens with zero attached hydrogens (tertiary/aromatic N) is 1. The van der Waals surface area contributed by atoms with E-state index in [1.54, 1.807) is 19.9 Å². The Kier molecular flexibility index (Phi) is 6.57. The summed E-state index contributed by atoms with van der Waals surface area (Å²) in [4.78, 5) is 23.4. The highest BCUT2D eigenvalue weighted by molar-refractivity contribution is 6.35. The van der Waals surface area contributed by atoms with E-state index in [1.807, 2.05) is 0 Å². The molecule has 1 amide bonds. The van der Waals surface area contributed by atoms with Crippen LogP contribution in [0.5, 0.6) is 5.75 Å². The molecule has 0 aliphatic heterocycles. The van der Waals surface area contributed by atoms with Crippen LogP contribution in [-0.4, -0.2) is 24.0 Å². The zero-order valence-electron chi connectivity index (χ0n) is 15.0. The number of nitrogens with one attached hydrogen (secondary N) is 2. The lowest BCUT2D eigenvalue weighted by Gasteiger charge is -2.16. The second kappa shape index (κ2) is 8.68. The highest BCUT2D eigenvalue weighted by atomic mass is 35.5. The van der Waals surface area contributed by atoms with Crippen LogP contribution in [0.3, 0.4) is 0 Å². The Morgan fingerprint density at radius 3 is 2.59 bits per heavy atom. The SMILES string of the molecule is COc1ccc(CNC(=O)c2c(Cl)ccc([N+](=O)[O-])c2NC(C)C)cc1F. The third kappa shape index (κ3) is 4.85. The van der Waals surface area contributed by atoms with Gasteiger partial charge in [-0.05, 0) is 37.6 Å². The highest BCUT2D eigenvalue weighted by Crippen LogP contribution is 2.34. The van der Waals surface area contributed by atoms with Gasteiger partial charge in [-0.15, -0.1) is 0 Å². The molecule has 0 aromatic heterocycles. The number of rotatable bonds is 7. The van der Waals surface area contributed by atoms with Crippen molar-refractivity contribution < 1.29 is 18.8 Å². The van der Waals surface area contributed by atoms with Crippen LogP contribution in [0.4, 0.5) is 15.8 Å². The number of carbonyl (C=O) groups is 1. The fraction of sp³-hybridized carbons (Fsp3) is 0.278. The van der Waals surface area contributed by atoms with Crippen molar-refractivity contribution in [3.05, 3.63) is 62.4 Å². The van der Waals surface area contributed by atoms with Crippen LogP contribution in [0.2, 0.25) is 5.02 Å². The predicted molar refractivity (Wildman–Crippen MR) is 101 cm³/mol. The molecule has 0 saturated heterocycles. The van der Waals surface area contributed by atoms with E-state index in [2.05, 4.69) is 10.6 Å². The summed E-state index contributed by atoms with van der Waals surface area (Å²) >= 11 is 6.13. The summed E-state index contributed by atoms with van der Waals surface area (Å²) in [6.45, 7) is 3.58. The Balaban J connectivity index is 2.30. The summed E-state index contributed by atoms with van der Waals surface area (Å²) in [5, 5.41) is 16.9. The van der Waals surface area contributed by atoms with Gasteiger partial charge >= 0.3 is 0 Å². The van der Waals surface area contributed by atoms with Crippen LogP contribution in [0.25, 0.3) is 0 Å². The lowest BCUT2D eigenvalue weighted by atomic mass is 10.1. The molecule has 0 atom stereocenters. The van der Waals surface area contributed by atoms with Gasteiger partial charge in [0.05, 0.1) is 22.6 Å². The largest absolute Gasteiger partial charge is 0.494 e. The maximum Gasteiger partial charge on any atom is 0.293 e. The number of nitro groups is 1. The molecule has 0 spiro atoms. The van der Waals surface area contributed by atoms with Crippen molar-refractivity contribution in [3.8, 4) is 5.75 Å². The molecule has 0 bridgehead atoms. The van der Waals surface area contributed by atoms with Crippen molar-refractivity contribution in [2.45, 2.75) is 26.4 Å². The van der Waals surface area contributed by atoms with Crippen LogP contribution in [0.15, 0.2) is 30.3 Å². The Morgan fingerprint density at radius 1 is 1.33 bits per heavy atom. The van der Waals surface area contributed by atoms with E-state index in [0.29, 0.717) is 5.56 Å². The molecular weight excluding hydrogens is 377 g/mol. The molecule has 2 aromatic rings. The number of hydrogen-bond acceptors (Lipinski definition) is 5. The standard InChI is InChI=1S/C18H19ClFN3O4/c1-10(2)22-17-14(23(25)26)6-5-12(19)16(17)18(24)21-9-11-4-7-15(27-3)13(20)8-11/h4-8,10,22H,9H2,1-3H3,(H,21,24). The molecule has 7 nitrogen and oxygen atoms in total. The van der Waals surface area contributed by atoms with Gasteiger partial charge in [-0.2, -0.15) is 0 Å². The lowest BCUT2D eigenvalue weighted by Crippen LogP contribution is -2.25. The Morgan fingerprint density at radius 2 is 2.04 bits per heavy atom. The molecule has 0 unspecified atom stereocenters. The van der Waals surface area contributed by atoms with Crippen molar-refractivity contribution in [3.63, 3.8) is 0 Å². The molecule has 2 rings (SSSR count). The molecule has 0 aliphatic carbocycles. The van der Waals surface area contributed by atoms with Crippen LogP contribution >= 0.6 is 11.6 Å². The number of anilines is 1. The zero-order valence-corrected chi connectivity index (χ0v) is 15.8. The molecule has 27 heavy (non-hydrogen) atoms. The molecular formula is C18H19ClFN3O4. The van der Waals surface area contributed by atoms with Crippen molar-refractivity contribution in [2.24, 2.45) is 0 Å². The van der Waals surface area contributed by atoms with Crippen LogP contribution in [-0.2, 0) is 6.54 Å². The van der Waals surface area contributed by atoms with Gasteiger partial charge in [-0.3, -0.25) is 14.9 Å². The minimum Gasteiger partial charge on any atom is -0.494 e. The van der Waals surface area contributed by atoms with E-state index in [1.165, 1.54) is 31.4 Å². The maximum atomic E-state index is 13.8. The van der Waals surface area contributed by atoms with E-state index >= 15 is 0 Å². The molecule has 2 aromatic carbocycles. The van der Waals surface area contributed by atoms with Crippen molar-refractivity contribution in [1.29, 1.82) is 0 Å². The van der Waals surface area contributed by atoms with Gasteiger partial charge in [0, 0.05) is 18.7 Å². The molecule has 0 radical (unpaired) electrons. The quantitative estimate of drug-likeness (QED) is 0.542. The summed E-state index contributed by atoms with van der Waals surface area (Å²) in [5.41, 5.74) is 0.254. The number of carbonyl (C=O) groups excluding carboxylic acids is 1. The molecule has 0 heterocycles. The third-order valence-corrected chi connectivity index (χ3v) is 3.97. The third-order valence-electron chi connectivity index (χ3n) is 3.66. The van der Waals surface area contributed by atoms with Crippen molar-refractivity contribution in [1.82, 2.24) is 5.32 Å². The second-order valence-electron chi connectivity index (χ2n) is 6.02. The molecule has 0 aliphatic rings. The smallest absolute Gasteiger partial charge is 0.293 e. The minimum atomic E-state index is -0.608. The first-order valence-electron chi connectivity index (χ1n) is 8.08. The minimum absolute atomic E-state index is 0.0138. The van der Waals surface area contributed by atoms with Gasteiger partial charge in [0.1, 0.15) is 5.69 Å². The first-order valence-corrected chi connectivity index (χ1v) is 8.46. The summed E-state index contributed by atoms with van der Waals surface area (Å²) in [6.07, 6.45) is 0. The summed E-state index contributed by atoms with van der Waals surface area (Å²) < 4.78 is 18.6. The van der Waals surface area contributed by atoms with Gasteiger partial charge in [0.15, 0.2) is 11.6 Å². The molecule has 0 fully saturated rings. The number of nitro benzene ring substituents is 1.